The van der Waals surface area contributed by atoms with Gasteiger partial charge < -0.3 is 4.90 Å². The van der Waals surface area contributed by atoms with Gasteiger partial charge in [0.2, 0.25) is 10.0 Å². The predicted octanol–water partition coefficient (Wildman–Crippen LogP) is 3.55. The van der Waals surface area contributed by atoms with Gasteiger partial charge in [-0.3, -0.25) is 4.79 Å². The van der Waals surface area contributed by atoms with Gasteiger partial charge in [0.15, 0.2) is 0 Å². The molecule has 2 aromatic carbocycles. The lowest BCUT2D eigenvalue weighted by molar-refractivity contribution is 0.0734. The van der Waals surface area contributed by atoms with Crippen LogP contribution in [0.3, 0.4) is 0 Å². The molecule has 0 aromatic heterocycles. The van der Waals surface area contributed by atoms with Crippen LogP contribution in [0.5, 0.6) is 0 Å². The Morgan fingerprint density at radius 1 is 0.931 bits per heavy atom. The molecule has 1 saturated heterocycles. The third-order valence-corrected chi connectivity index (χ3v) is 7.84. The van der Waals surface area contributed by atoms with Gasteiger partial charge in [-0.15, -0.1) is 0 Å². The van der Waals surface area contributed by atoms with Crippen molar-refractivity contribution >= 4 is 15.9 Å². The highest BCUT2D eigenvalue weighted by Crippen LogP contribution is 2.27. The van der Waals surface area contributed by atoms with E-state index in [1.807, 2.05) is 17.0 Å². The fourth-order valence-electron chi connectivity index (χ4n) is 4.57. The molecule has 2 atom stereocenters. The molecule has 0 bridgehead atoms. The molecule has 2 aliphatic heterocycles. The van der Waals surface area contributed by atoms with E-state index >= 15 is 0 Å². The fraction of sp³-hybridized carbons (Fsp3) is 0.435. The molecule has 2 unspecified atom stereocenters. The van der Waals surface area contributed by atoms with E-state index in [4.69, 9.17) is 0 Å². The standard InChI is InChI=1S/C23H28N2O3S/c1-17-13-18(2)15-25(14-17)29(27,28)22-9-7-20(8-10-22)23(26)24-12-11-19-5-3-4-6-21(19)16-24/h3-10,17-18H,11-16H2,1-2H3. The molecule has 4 rings (SSSR count). The van der Waals surface area contributed by atoms with Gasteiger partial charge in [-0.2, -0.15) is 4.31 Å². The third kappa shape index (κ3) is 4.09. The molecule has 0 radical (unpaired) electrons. The summed E-state index contributed by atoms with van der Waals surface area (Å²) in [5, 5.41) is 0. The number of hydrogen-bond acceptors (Lipinski definition) is 3. The number of piperidine rings is 1. The molecule has 1 fully saturated rings. The molecule has 154 valence electrons. The molecule has 5 nitrogen and oxygen atoms in total. The lowest BCUT2D eigenvalue weighted by Crippen LogP contribution is -2.42. The monoisotopic (exact) mass is 412 g/mol. The zero-order valence-electron chi connectivity index (χ0n) is 17.0. The van der Waals surface area contributed by atoms with E-state index in [1.54, 1.807) is 28.6 Å². The van der Waals surface area contributed by atoms with Crippen molar-refractivity contribution in [2.45, 2.75) is 38.1 Å². The number of sulfonamides is 1. The van der Waals surface area contributed by atoms with Crippen molar-refractivity contribution in [1.29, 1.82) is 0 Å². The van der Waals surface area contributed by atoms with E-state index in [2.05, 4.69) is 26.0 Å². The van der Waals surface area contributed by atoms with Crippen LogP contribution in [0.15, 0.2) is 53.4 Å². The Labute approximate surface area is 173 Å². The maximum absolute atomic E-state index is 13.0. The van der Waals surface area contributed by atoms with E-state index in [9.17, 15) is 13.2 Å². The smallest absolute Gasteiger partial charge is 0.254 e. The van der Waals surface area contributed by atoms with E-state index < -0.39 is 10.0 Å². The van der Waals surface area contributed by atoms with Crippen LogP contribution in [0.1, 0.15) is 41.8 Å². The van der Waals surface area contributed by atoms with E-state index in [0.29, 0.717) is 43.6 Å². The highest BCUT2D eigenvalue weighted by molar-refractivity contribution is 7.89. The van der Waals surface area contributed by atoms with Crippen LogP contribution in [0, 0.1) is 11.8 Å². The maximum atomic E-state index is 13.0. The summed E-state index contributed by atoms with van der Waals surface area (Å²) in [5.41, 5.74) is 3.01. The summed E-state index contributed by atoms with van der Waals surface area (Å²) < 4.78 is 27.6. The van der Waals surface area contributed by atoms with Gasteiger partial charge in [0.1, 0.15) is 0 Å². The van der Waals surface area contributed by atoms with Crippen molar-refractivity contribution in [1.82, 2.24) is 9.21 Å². The predicted molar refractivity (Wildman–Crippen MR) is 113 cm³/mol. The summed E-state index contributed by atoms with van der Waals surface area (Å²) in [6, 6.07) is 14.6. The van der Waals surface area contributed by atoms with Crippen LogP contribution in [0.2, 0.25) is 0 Å². The highest BCUT2D eigenvalue weighted by atomic mass is 32.2. The topological polar surface area (TPSA) is 57.7 Å². The van der Waals surface area contributed by atoms with Gasteiger partial charge in [0.05, 0.1) is 4.90 Å². The summed E-state index contributed by atoms with van der Waals surface area (Å²) in [6.45, 7) is 6.58. The highest BCUT2D eigenvalue weighted by Gasteiger charge is 2.32. The number of carbonyl (C=O) groups is 1. The summed E-state index contributed by atoms with van der Waals surface area (Å²) in [7, 11) is -3.53. The molecule has 1 amide bonds. The van der Waals surface area contributed by atoms with Crippen LogP contribution in [0.4, 0.5) is 0 Å². The SMILES string of the molecule is CC1CC(C)CN(S(=O)(=O)c2ccc(C(=O)N3CCc4ccccc4C3)cc2)C1. The first-order chi connectivity index (χ1) is 13.8. The molecule has 2 heterocycles. The van der Waals surface area contributed by atoms with E-state index in [1.165, 1.54) is 11.1 Å². The quantitative estimate of drug-likeness (QED) is 0.775. The van der Waals surface area contributed by atoms with Gasteiger partial charge >= 0.3 is 0 Å². The molecule has 2 aromatic rings. The lowest BCUT2D eigenvalue weighted by atomic mass is 9.94. The fourth-order valence-corrected chi connectivity index (χ4v) is 6.25. The van der Waals surface area contributed by atoms with Gasteiger partial charge in [0.25, 0.3) is 5.91 Å². The van der Waals surface area contributed by atoms with Crippen LogP contribution in [0.25, 0.3) is 0 Å². The van der Waals surface area contributed by atoms with Crippen molar-refractivity contribution in [2.75, 3.05) is 19.6 Å². The van der Waals surface area contributed by atoms with Crippen molar-refractivity contribution in [3.8, 4) is 0 Å². The van der Waals surface area contributed by atoms with Gasteiger partial charge in [-0.25, -0.2) is 8.42 Å². The molecular weight excluding hydrogens is 384 g/mol. The number of benzene rings is 2. The molecule has 6 heteroatoms. The lowest BCUT2D eigenvalue weighted by Gasteiger charge is -2.34. The first-order valence-corrected chi connectivity index (χ1v) is 11.7. The number of fused-ring (bicyclic) bond motifs is 1. The molecule has 0 spiro atoms. The van der Waals surface area contributed by atoms with Crippen molar-refractivity contribution in [3.05, 3.63) is 65.2 Å². The molecule has 0 aliphatic carbocycles. The van der Waals surface area contributed by atoms with Crippen LogP contribution in [-0.2, 0) is 23.0 Å². The molecular formula is C23H28N2O3S. The van der Waals surface area contributed by atoms with E-state index in [-0.39, 0.29) is 10.8 Å². The third-order valence-electron chi connectivity index (χ3n) is 5.99. The minimum Gasteiger partial charge on any atom is -0.334 e. The Balaban J connectivity index is 1.50. The van der Waals surface area contributed by atoms with Crippen molar-refractivity contribution in [3.63, 3.8) is 0 Å². The Morgan fingerprint density at radius 3 is 2.21 bits per heavy atom. The van der Waals surface area contributed by atoms with Gasteiger partial charge in [-0.1, -0.05) is 38.1 Å². The summed E-state index contributed by atoms with van der Waals surface area (Å²) >= 11 is 0. The Kier molecular flexibility index (Phi) is 5.49. The molecule has 2 aliphatic rings. The Hall–Kier alpha value is -2.18. The van der Waals surface area contributed by atoms with Crippen molar-refractivity contribution < 1.29 is 13.2 Å². The first-order valence-electron chi connectivity index (χ1n) is 10.3. The molecule has 29 heavy (non-hydrogen) atoms. The minimum atomic E-state index is -3.53. The zero-order valence-corrected chi connectivity index (χ0v) is 17.9. The summed E-state index contributed by atoms with van der Waals surface area (Å²) in [4.78, 5) is 15.0. The number of hydrogen-bond donors (Lipinski definition) is 0. The largest absolute Gasteiger partial charge is 0.334 e. The first kappa shape index (κ1) is 20.1. The average Bonchev–Trinajstić information content (AvgIpc) is 2.72. The second kappa shape index (κ2) is 7.92. The second-order valence-corrected chi connectivity index (χ2v) is 10.5. The van der Waals surface area contributed by atoms with Gasteiger partial charge in [-0.05, 0) is 60.1 Å². The Bertz CT molecular complexity index is 991. The number of nitrogens with zero attached hydrogens (tertiary/aromatic N) is 2. The normalized spacial score (nSPS) is 22.9. The second-order valence-electron chi connectivity index (χ2n) is 8.54. The van der Waals surface area contributed by atoms with Crippen LogP contribution < -0.4 is 0 Å². The van der Waals surface area contributed by atoms with E-state index in [0.717, 1.165) is 12.8 Å². The molecule has 0 saturated carbocycles. The number of rotatable bonds is 3. The summed E-state index contributed by atoms with van der Waals surface area (Å²) in [5.74, 6) is 0.663. The van der Waals surface area contributed by atoms with Gasteiger partial charge in [0, 0.05) is 31.7 Å². The number of amides is 1. The minimum absolute atomic E-state index is 0.0522. The van der Waals surface area contributed by atoms with Crippen molar-refractivity contribution in [2.24, 2.45) is 11.8 Å². The Morgan fingerprint density at radius 2 is 1.55 bits per heavy atom. The zero-order chi connectivity index (χ0) is 20.6. The summed E-state index contributed by atoms with van der Waals surface area (Å²) in [6.07, 6.45) is 1.90. The van der Waals surface area contributed by atoms with Crippen LogP contribution >= 0.6 is 0 Å². The average molecular weight is 413 g/mol. The van der Waals surface area contributed by atoms with Crippen LogP contribution in [-0.4, -0.2) is 43.2 Å². The maximum Gasteiger partial charge on any atom is 0.254 e. The number of carbonyl (C=O) groups excluding carboxylic acids is 1. The molecule has 0 N–H and O–H groups in total.